The van der Waals surface area contributed by atoms with Crippen LogP contribution in [0, 0.1) is 0 Å². The summed E-state index contributed by atoms with van der Waals surface area (Å²) < 4.78 is 7.14. The molecule has 0 spiro atoms. The third-order valence-corrected chi connectivity index (χ3v) is 6.81. The van der Waals surface area contributed by atoms with E-state index in [1.807, 2.05) is 78.9 Å². The van der Waals surface area contributed by atoms with E-state index < -0.39 is 5.97 Å². The second kappa shape index (κ2) is 10.6. The van der Waals surface area contributed by atoms with E-state index in [1.54, 1.807) is 17.8 Å². The Morgan fingerprint density at radius 3 is 2.17 bits per heavy atom. The standard InChI is InChI=1S/C29H26N4O2S/c1-3-32(22-16-10-6-11-17-22)29-30-25(21-14-8-5-9-15-21)27(36-29)26-24(28(34)35-4-2)20-33(31-26)23-18-12-7-13-19-23/h5-20H,3-4H2,1-2H3. The molecule has 36 heavy (non-hydrogen) atoms. The molecule has 0 saturated carbocycles. The molecule has 7 heteroatoms. The molecular weight excluding hydrogens is 468 g/mol. The van der Waals surface area contributed by atoms with Gasteiger partial charge in [0.15, 0.2) is 5.13 Å². The third-order valence-electron chi connectivity index (χ3n) is 5.72. The van der Waals surface area contributed by atoms with Crippen LogP contribution in [0.3, 0.4) is 0 Å². The highest BCUT2D eigenvalue weighted by Gasteiger charge is 2.27. The SMILES string of the molecule is CCOC(=O)c1cn(-c2ccccc2)nc1-c1sc(N(CC)c2ccccc2)nc1-c1ccccc1. The predicted molar refractivity (Wildman–Crippen MR) is 145 cm³/mol. The monoisotopic (exact) mass is 494 g/mol. The van der Waals surface area contributed by atoms with Crippen LogP contribution >= 0.6 is 11.3 Å². The Morgan fingerprint density at radius 2 is 1.53 bits per heavy atom. The summed E-state index contributed by atoms with van der Waals surface area (Å²) in [6.45, 7) is 4.93. The zero-order chi connectivity index (χ0) is 24.9. The van der Waals surface area contributed by atoms with Gasteiger partial charge in [0, 0.05) is 24.0 Å². The molecule has 6 nitrogen and oxygen atoms in total. The maximum absolute atomic E-state index is 13.0. The number of benzene rings is 3. The fourth-order valence-corrected chi connectivity index (χ4v) is 5.20. The molecule has 0 aliphatic carbocycles. The highest BCUT2D eigenvalue weighted by molar-refractivity contribution is 7.19. The Kier molecular flexibility index (Phi) is 6.91. The van der Waals surface area contributed by atoms with Gasteiger partial charge in [0.2, 0.25) is 0 Å². The maximum Gasteiger partial charge on any atom is 0.342 e. The first-order chi connectivity index (χ1) is 17.7. The molecule has 0 radical (unpaired) electrons. The van der Waals surface area contributed by atoms with Gasteiger partial charge in [-0.3, -0.25) is 0 Å². The topological polar surface area (TPSA) is 60.3 Å². The molecule has 0 saturated heterocycles. The highest BCUT2D eigenvalue weighted by atomic mass is 32.1. The van der Waals surface area contributed by atoms with Gasteiger partial charge in [-0.25, -0.2) is 14.5 Å². The summed E-state index contributed by atoms with van der Waals surface area (Å²) in [7, 11) is 0. The van der Waals surface area contributed by atoms with Crippen molar-refractivity contribution < 1.29 is 9.53 Å². The Morgan fingerprint density at radius 1 is 0.889 bits per heavy atom. The Labute approximate surface area is 214 Å². The molecule has 180 valence electrons. The summed E-state index contributed by atoms with van der Waals surface area (Å²) in [6, 6.07) is 29.9. The minimum atomic E-state index is -0.404. The number of para-hydroxylation sites is 2. The highest BCUT2D eigenvalue weighted by Crippen LogP contribution is 2.43. The number of hydrogen-bond acceptors (Lipinski definition) is 6. The van der Waals surface area contributed by atoms with Gasteiger partial charge in [-0.1, -0.05) is 78.1 Å². The van der Waals surface area contributed by atoms with E-state index in [0.29, 0.717) is 11.3 Å². The fraction of sp³-hybridized carbons (Fsp3) is 0.138. The van der Waals surface area contributed by atoms with E-state index in [-0.39, 0.29) is 6.61 Å². The molecule has 0 bridgehead atoms. The normalized spacial score (nSPS) is 10.8. The lowest BCUT2D eigenvalue weighted by atomic mass is 10.1. The quantitative estimate of drug-likeness (QED) is 0.217. The van der Waals surface area contributed by atoms with Crippen molar-refractivity contribution in [1.82, 2.24) is 14.8 Å². The van der Waals surface area contributed by atoms with Gasteiger partial charge >= 0.3 is 5.97 Å². The van der Waals surface area contributed by atoms with Crippen molar-refractivity contribution in [2.45, 2.75) is 13.8 Å². The lowest BCUT2D eigenvalue weighted by Crippen LogP contribution is -2.15. The van der Waals surface area contributed by atoms with Crippen LogP contribution in [-0.4, -0.2) is 33.9 Å². The number of esters is 1. The number of rotatable bonds is 8. The Bertz CT molecular complexity index is 1450. The summed E-state index contributed by atoms with van der Waals surface area (Å²) in [6.07, 6.45) is 1.74. The average molecular weight is 495 g/mol. The maximum atomic E-state index is 13.0. The van der Waals surface area contributed by atoms with Crippen LogP contribution in [-0.2, 0) is 4.74 Å². The lowest BCUT2D eigenvalue weighted by Gasteiger charge is -2.19. The first-order valence-corrected chi connectivity index (χ1v) is 12.7. The fourth-order valence-electron chi connectivity index (χ4n) is 4.03. The lowest BCUT2D eigenvalue weighted by molar-refractivity contribution is 0.0527. The largest absolute Gasteiger partial charge is 0.462 e. The number of ether oxygens (including phenoxy) is 1. The van der Waals surface area contributed by atoms with Gasteiger partial charge in [0.05, 0.1) is 22.9 Å². The Hall–Kier alpha value is -4.23. The zero-order valence-corrected chi connectivity index (χ0v) is 21.0. The molecule has 2 aromatic heterocycles. The number of carbonyl (C=O) groups excluding carboxylic acids is 1. The number of thiazole rings is 1. The second-order valence-corrected chi connectivity index (χ2v) is 8.99. The molecular formula is C29H26N4O2S. The molecule has 3 aromatic carbocycles. The van der Waals surface area contributed by atoms with Gasteiger partial charge in [-0.15, -0.1) is 0 Å². The Balaban J connectivity index is 1.71. The average Bonchev–Trinajstić information content (AvgIpc) is 3.56. The van der Waals surface area contributed by atoms with Gasteiger partial charge in [0.1, 0.15) is 11.3 Å². The first kappa shape index (κ1) is 23.5. The van der Waals surface area contributed by atoms with E-state index in [0.717, 1.165) is 39.2 Å². The van der Waals surface area contributed by atoms with Crippen LogP contribution in [0.1, 0.15) is 24.2 Å². The molecule has 5 rings (SSSR count). The van der Waals surface area contributed by atoms with Crippen molar-refractivity contribution in [2.24, 2.45) is 0 Å². The van der Waals surface area contributed by atoms with Crippen molar-refractivity contribution in [3.8, 4) is 27.5 Å². The van der Waals surface area contributed by atoms with Gasteiger partial charge in [-0.05, 0) is 38.1 Å². The first-order valence-electron chi connectivity index (χ1n) is 11.9. The number of aromatic nitrogens is 3. The number of hydrogen-bond donors (Lipinski definition) is 0. The predicted octanol–water partition coefficient (Wildman–Crippen LogP) is 7.00. The van der Waals surface area contributed by atoms with Crippen molar-refractivity contribution in [3.63, 3.8) is 0 Å². The van der Waals surface area contributed by atoms with Crippen LogP contribution < -0.4 is 4.90 Å². The molecule has 0 N–H and O–H groups in total. The van der Waals surface area contributed by atoms with Gasteiger partial charge in [0.25, 0.3) is 0 Å². The van der Waals surface area contributed by atoms with Gasteiger partial charge < -0.3 is 9.64 Å². The molecule has 0 unspecified atom stereocenters. The van der Waals surface area contributed by atoms with E-state index >= 15 is 0 Å². The zero-order valence-electron chi connectivity index (χ0n) is 20.2. The van der Waals surface area contributed by atoms with Crippen LogP contribution in [0.2, 0.25) is 0 Å². The van der Waals surface area contributed by atoms with Crippen molar-refractivity contribution in [3.05, 3.63) is 103 Å². The van der Waals surface area contributed by atoms with E-state index in [4.69, 9.17) is 14.8 Å². The molecule has 0 atom stereocenters. The molecule has 0 aliphatic rings. The summed E-state index contributed by atoms with van der Waals surface area (Å²) in [4.78, 5) is 21.1. The summed E-state index contributed by atoms with van der Waals surface area (Å²) in [5.74, 6) is -0.404. The van der Waals surface area contributed by atoms with Crippen LogP contribution in [0.15, 0.2) is 97.2 Å². The molecule has 0 fully saturated rings. The van der Waals surface area contributed by atoms with Crippen molar-refractivity contribution in [2.75, 3.05) is 18.1 Å². The smallest absolute Gasteiger partial charge is 0.342 e. The molecule has 2 heterocycles. The summed E-state index contributed by atoms with van der Waals surface area (Å²) in [5, 5.41) is 5.71. The van der Waals surface area contributed by atoms with Crippen molar-refractivity contribution >= 4 is 28.1 Å². The van der Waals surface area contributed by atoms with E-state index in [1.165, 1.54) is 11.3 Å². The minimum Gasteiger partial charge on any atom is -0.462 e. The summed E-state index contributed by atoms with van der Waals surface area (Å²) in [5.41, 5.74) is 4.64. The number of nitrogens with zero attached hydrogens (tertiary/aromatic N) is 4. The van der Waals surface area contributed by atoms with Crippen molar-refractivity contribution in [1.29, 1.82) is 0 Å². The third kappa shape index (κ3) is 4.65. The van der Waals surface area contributed by atoms with E-state index in [2.05, 4.69) is 24.0 Å². The molecule has 5 aromatic rings. The van der Waals surface area contributed by atoms with Crippen LogP contribution in [0.4, 0.5) is 10.8 Å². The van der Waals surface area contributed by atoms with Crippen LogP contribution in [0.25, 0.3) is 27.5 Å². The van der Waals surface area contributed by atoms with Crippen LogP contribution in [0.5, 0.6) is 0 Å². The van der Waals surface area contributed by atoms with Gasteiger partial charge in [-0.2, -0.15) is 5.10 Å². The van der Waals surface area contributed by atoms with E-state index in [9.17, 15) is 4.79 Å². The molecule has 0 aliphatic heterocycles. The summed E-state index contributed by atoms with van der Waals surface area (Å²) >= 11 is 1.52. The number of anilines is 2. The minimum absolute atomic E-state index is 0.284. The second-order valence-electron chi connectivity index (χ2n) is 8.01. The number of carbonyl (C=O) groups is 1. The molecule has 0 amide bonds.